The molecule has 1 atom stereocenters. The first-order valence-electron chi connectivity index (χ1n) is 6.09. The Kier molecular flexibility index (Phi) is 5.01. The van der Waals surface area contributed by atoms with E-state index in [2.05, 4.69) is 5.32 Å². The molecule has 1 unspecified atom stereocenters. The Hall–Kier alpha value is -1.82. The van der Waals surface area contributed by atoms with Gasteiger partial charge in [-0.05, 0) is 29.8 Å². The van der Waals surface area contributed by atoms with Crippen molar-refractivity contribution < 1.29 is 10.0 Å². The van der Waals surface area contributed by atoms with E-state index in [1.807, 2.05) is 0 Å². The second-order valence-corrected chi connectivity index (χ2v) is 5.13. The molecule has 0 fully saturated rings. The summed E-state index contributed by atoms with van der Waals surface area (Å²) in [6.45, 7) is 0.206. The summed E-state index contributed by atoms with van der Waals surface area (Å²) in [6.07, 6.45) is -0.819. The molecule has 7 heteroatoms. The number of hydrogen-bond acceptors (Lipinski definition) is 4. The fraction of sp³-hybridized carbons (Fsp3) is 0.143. The number of hydrogen-bond donors (Lipinski definition) is 2. The van der Waals surface area contributed by atoms with E-state index in [4.69, 9.17) is 23.2 Å². The molecule has 0 bridgehead atoms. The zero-order valence-electron chi connectivity index (χ0n) is 10.8. The lowest BCUT2D eigenvalue weighted by atomic mass is 10.1. The van der Waals surface area contributed by atoms with Crippen LogP contribution in [0.4, 0.5) is 11.4 Å². The summed E-state index contributed by atoms with van der Waals surface area (Å²) >= 11 is 11.9. The number of nitro groups is 1. The lowest BCUT2D eigenvalue weighted by molar-refractivity contribution is -0.384. The van der Waals surface area contributed by atoms with E-state index in [-0.39, 0.29) is 12.2 Å². The Morgan fingerprint density at radius 2 is 1.86 bits per heavy atom. The second-order valence-electron chi connectivity index (χ2n) is 4.35. The molecule has 0 heterocycles. The van der Waals surface area contributed by atoms with Gasteiger partial charge >= 0.3 is 0 Å². The standard InChI is InChI=1S/C14H12Cl2N2O3/c15-11-2-1-3-12(14(11)16)17-8-13(19)9-4-6-10(7-5-9)18(20)21/h1-7,13,17,19H,8H2. The number of nitrogens with one attached hydrogen (secondary N) is 1. The van der Waals surface area contributed by atoms with Crippen molar-refractivity contribution in [2.75, 3.05) is 11.9 Å². The topological polar surface area (TPSA) is 75.4 Å². The van der Waals surface area contributed by atoms with Crippen LogP contribution in [0.15, 0.2) is 42.5 Å². The van der Waals surface area contributed by atoms with Crippen LogP contribution in [0.2, 0.25) is 10.0 Å². The first-order valence-corrected chi connectivity index (χ1v) is 6.85. The lowest BCUT2D eigenvalue weighted by Crippen LogP contribution is -2.12. The van der Waals surface area contributed by atoms with Crippen molar-refractivity contribution in [1.29, 1.82) is 0 Å². The molecule has 2 rings (SSSR count). The van der Waals surface area contributed by atoms with Crippen molar-refractivity contribution in [1.82, 2.24) is 0 Å². The average molecular weight is 327 g/mol. The number of halogens is 2. The molecule has 0 aliphatic carbocycles. The van der Waals surface area contributed by atoms with Gasteiger partial charge in [0.25, 0.3) is 5.69 Å². The predicted octanol–water partition coefficient (Wildman–Crippen LogP) is 4.05. The summed E-state index contributed by atoms with van der Waals surface area (Å²) in [7, 11) is 0. The molecular formula is C14H12Cl2N2O3. The van der Waals surface area contributed by atoms with Crippen molar-refractivity contribution in [3.8, 4) is 0 Å². The smallest absolute Gasteiger partial charge is 0.269 e. The van der Waals surface area contributed by atoms with E-state index in [1.165, 1.54) is 24.3 Å². The van der Waals surface area contributed by atoms with Gasteiger partial charge in [-0.3, -0.25) is 10.1 Å². The molecule has 2 aromatic carbocycles. The normalized spacial score (nSPS) is 12.0. The maximum Gasteiger partial charge on any atom is 0.269 e. The van der Waals surface area contributed by atoms with Gasteiger partial charge in [-0.15, -0.1) is 0 Å². The average Bonchev–Trinajstić information content (AvgIpc) is 2.48. The molecule has 0 saturated carbocycles. The predicted molar refractivity (Wildman–Crippen MR) is 83.0 cm³/mol. The summed E-state index contributed by atoms with van der Waals surface area (Å²) in [6, 6.07) is 10.9. The van der Waals surface area contributed by atoms with Crippen molar-refractivity contribution in [2.24, 2.45) is 0 Å². The number of rotatable bonds is 5. The van der Waals surface area contributed by atoms with Crippen LogP contribution in [0.5, 0.6) is 0 Å². The Bertz CT molecular complexity index is 647. The van der Waals surface area contributed by atoms with Crippen LogP contribution in [0.3, 0.4) is 0 Å². The van der Waals surface area contributed by atoms with Gasteiger partial charge in [-0.1, -0.05) is 29.3 Å². The number of non-ortho nitro benzene ring substituents is 1. The largest absolute Gasteiger partial charge is 0.387 e. The number of benzene rings is 2. The van der Waals surface area contributed by atoms with E-state index in [9.17, 15) is 15.2 Å². The van der Waals surface area contributed by atoms with Crippen molar-refractivity contribution in [3.05, 3.63) is 68.2 Å². The van der Waals surface area contributed by atoms with Gasteiger partial charge in [-0.25, -0.2) is 0 Å². The minimum Gasteiger partial charge on any atom is -0.387 e. The highest BCUT2D eigenvalue weighted by molar-refractivity contribution is 6.43. The van der Waals surface area contributed by atoms with E-state index in [0.29, 0.717) is 21.3 Å². The molecule has 2 N–H and O–H groups in total. The minimum atomic E-state index is -0.819. The fourth-order valence-corrected chi connectivity index (χ4v) is 2.15. The van der Waals surface area contributed by atoms with Crippen LogP contribution in [-0.2, 0) is 0 Å². The molecule has 5 nitrogen and oxygen atoms in total. The SMILES string of the molecule is O=[N+]([O-])c1ccc(C(O)CNc2cccc(Cl)c2Cl)cc1. The minimum absolute atomic E-state index is 0.0169. The van der Waals surface area contributed by atoms with Crippen molar-refractivity contribution in [2.45, 2.75) is 6.10 Å². The van der Waals surface area contributed by atoms with E-state index < -0.39 is 11.0 Å². The maximum atomic E-state index is 10.6. The highest BCUT2D eigenvalue weighted by atomic mass is 35.5. The Morgan fingerprint density at radius 3 is 2.48 bits per heavy atom. The van der Waals surface area contributed by atoms with E-state index >= 15 is 0 Å². The van der Waals surface area contributed by atoms with Crippen LogP contribution in [0.25, 0.3) is 0 Å². The first-order chi connectivity index (χ1) is 9.99. The monoisotopic (exact) mass is 326 g/mol. The van der Waals surface area contributed by atoms with Crippen LogP contribution < -0.4 is 5.32 Å². The van der Waals surface area contributed by atoms with Gasteiger partial charge in [-0.2, -0.15) is 0 Å². The molecule has 0 aliphatic heterocycles. The molecule has 0 spiro atoms. The second kappa shape index (κ2) is 6.76. The van der Waals surface area contributed by atoms with Gasteiger partial charge in [0.05, 0.1) is 26.8 Å². The molecule has 2 aromatic rings. The molecular weight excluding hydrogens is 315 g/mol. The summed E-state index contributed by atoms with van der Waals surface area (Å²) in [4.78, 5) is 10.1. The number of nitrogens with zero attached hydrogens (tertiary/aromatic N) is 1. The maximum absolute atomic E-state index is 10.6. The highest BCUT2D eigenvalue weighted by Crippen LogP contribution is 2.30. The Balaban J connectivity index is 2.03. The van der Waals surface area contributed by atoms with E-state index in [0.717, 1.165) is 0 Å². The number of aliphatic hydroxyl groups excluding tert-OH is 1. The first kappa shape index (κ1) is 15.6. The molecule has 21 heavy (non-hydrogen) atoms. The number of aliphatic hydroxyl groups is 1. The third-order valence-electron chi connectivity index (χ3n) is 2.93. The zero-order valence-corrected chi connectivity index (χ0v) is 12.3. The Morgan fingerprint density at radius 1 is 1.19 bits per heavy atom. The summed E-state index contributed by atoms with van der Waals surface area (Å²) in [5, 5.41) is 24.4. The summed E-state index contributed by atoms with van der Waals surface area (Å²) in [5.41, 5.74) is 1.17. The fourth-order valence-electron chi connectivity index (χ4n) is 1.78. The third-order valence-corrected chi connectivity index (χ3v) is 3.75. The van der Waals surface area contributed by atoms with Gasteiger partial charge in [0.15, 0.2) is 0 Å². The highest BCUT2D eigenvalue weighted by Gasteiger charge is 2.11. The molecule has 110 valence electrons. The summed E-state index contributed by atoms with van der Waals surface area (Å²) in [5.74, 6) is 0. The van der Waals surface area contributed by atoms with Crippen LogP contribution in [-0.4, -0.2) is 16.6 Å². The number of nitro benzene ring substituents is 1. The molecule has 0 aliphatic rings. The molecule has 0 radical (unpaired) electrons. The summed E-state index contributed by atoms with van der Waals surface area (Å²) < 4.78 is 0. The van der Waals surface area contributed by atoms with Crippen molar-refractivity contribution >= 4 is 34.6 Å². The van der Waals surface area contributed by atoms with Crippen LogP contribution >= 0.6 is 23.2 Å². The lowest BCUT2D eigenvalue weighted by Gasteiger charge is -2.14. The van der Waals surface area contributed by atoms with Crippen molar-refractivity contribution in [3.63, 3.8) is 0 Å². The van der Waals surface area contributed by atoms with E-state index in [1.54, 1.807) is 18.2 Å². The Labute approximate surface area is 131 Å². The zero-order chi connectivity index (χ0) is 15.4. The number of anilines is 1. The van der Waals surface area contributed by atoms with Gasteiger partial charge in [0, 0.05) is 18.7 Å². The van der Waals surface area contributed by atoms with Crippen LogP contribution in [0.1, 0.15) is 11.7 Å². The molecule has 0 amide bonds. The van der Waals surface area contributed by atoms with Gasteiger partial charge < -0.3 is 10.4 Å². The quantitative estimate of drug-likeness (QED) is 0.642. The molecule has 0 saturated heterocycles. The van der Waals surface area contributed by atoms with Gasteiger partial charge in [0.2, 0.25) is 0 Å². The van der Waals surface area contributed by atoms with Crippen LogP contribution in [0, 0.1) is 10.1 Å². The molecule has 0 aromatic heterocycles. The third kappa shape index (κ3) is 3.85. The van der Waals surface area contributed by atoms with Gasteiger partial charge in [0.1, 0.15) is 0 Å².